The maximum absolute atomic E-state index is 12.9. The minimum absolute atomic E-state index is 0.0266. The molecule has 2 saturated carbocycles. The summed E-state index contributed by atoms with van der Waals surface area (Å²) in [6.45, 7) is 6.73. The van der Waals surface area contributed by atoms with Crippen molar-refractivity contribution in [2.45, 2.75) is 64.5 Å². The van der Waals surface area contributed by atoms with E-state index in [9.17, 15) is 9.59 Å². The Labute approximate surface area is 157 Å². The average molecular weight is 366 g/mol. The second kappa shape index (κ2) is 8.70. The van der Waals surface area contributed by atoms with Crippen LogP contribution in [0, 0.1) is 23.7 Å². The monoisotopic (exact) mass is 365 g/mol. The molecule has 0 aromatic rings. The van der Waals surface area contributed by atoms with E-state index in [4.69, 9.17) is 10.5 Å². The van der Waals surface area contributed by atoms with Crippen molar-refractivity contribution in [1.82, 2.24) is 10.2 Å². The quantitative estimate of drug-likeness (QED) is 0.670. The standard InChI is InChI=1S/C20H35N3O3/c1-13(2)26-11-3-8-22-19(24)14-6-9-23(10-7-14)20(25)17-15-4-5-16(12-15)18(17)21/h13-18H,3-12,21H2,1-2H3,(H,22,24). The molecule has 3 aliphatic rings. The fourth-order valence-electron chi connectivity index (χ4n) is 5.02. The molecule has 3 rings (SSSR count). The molecule has 0 spiro atoms. The number of fused-ring (bicyclic) bond motifs is 2. The lowest BCUT2D eigenvalue weighted by Crippen LogP contribution is -2.50. The zero-order valence-electron chi connectivity index (χ0n) is 16.3. The Kier molecular flexibility index (Phi) is 6.56. The molecule has 1 heterocycles. The van der Waals surface area contributed by atoms with Gasteiger partial charge in [-0.3, -0.25) is 9.59 Å². The number of hydrogen-bond acceptors (Lipinski definition) is 4. The van der Waals surface area contributed by atoms with Crippen LogP contribution in [0.5, 0.6) is 0 Å². The molecule has 3 fully saturated rings. The molecule has 6 nitrogen and oxygen atoms in total. The molecule has 1 aliphatic heterocycles. The van der Waals surface area contributed by atoms with Crippen molar-refractivity contribution in [3.63, 3.8) is 0 Å². The molecular formula is C20H35N3O3. The number of ether oxygens (including phenoxy) is 1. The SMILES string of the molecule is CC(C)OCCCNC(=O)C1CCN(C(=O)C2C3CCC(C3)C2N)CC1. The van der Waals surface area contributed by atoms with Gasteiger partial charge in [0, 0.05) is 38.2 Å². The van der Waals surface area contributed by atoms with Crippen molar-refractivity contribution in [2.75, 3.05) is 26.2 Å². The predicted octanol–water partition coefficient (Wildman–Crippen LogP) is 1.53. The zero-order chi connectivity index (χ0) is 18.7. The summed E-state index contributed by atoms with van der Waals surface area (Å²) in [4.78, 5) is 27.2. The van der Waals surface area contributed by atoms with E-state index in [1.807, 2.05) is 18.7 Å². The van der Waals surface area contributed by atoms with Crippen molar-refractivity contribution >= 4 is 11.8 Å². The number of nitrogens with two attached hydrogens (primary N) is 1. The van der Waals surface area contributed by atoms with Crippen LogP contribution in [0.2, 0.25) is 0 Å². The van der Waals surface area contributed by atoms with Gasteiger partial charge in [-0.2, -0.15) is 0 Å². The van der Waals surface area contributed by atoms with E-state index in [1.165, 1.54) is 6.42 Å². The highest BCUT2D eigenvalue weighted by molar-refractivity contribution is 5.82. The summed E-state index contributed by atoms with van der Waals surface area (Å²) in [7, 11) is 0. The Morgan fingerprint density at radius 1 is 1.15 bits per heavy atom. The normalized spacial score (nSPS) is 31.6. The molecule has 1 saturated heterocycles. The Bertz CT molecular complexity index is 501. The first kappa shape index (κ1) is 19.6. The number of piperidine rings is 1. The van der Waals surface area contributed by atoms with Crippen LogP contribution in [0.15, 0.2) is 0 Å². The van der Waals surface area contributed by atoms with Gasteiger partial charge in [-0.15, -0.1) is 0 Å². The van der Waals surface area contributed by atoms with Gasteiger partial charge in [0.1, 0.15) is 0 Å². The first-order valence-corrected chi connectivity index (χ1v) is 10.4. The number of likely N-dealkylation sites (tertiary alicyclic amines) is 1. The second-order valence-corrected chi connectivity index (χ2v) is 8.60. The molecule has 0 aromatic heterocycles. The third-order valence-corrected chi connectivity index (χ3v) is 6.51. The Balaban J connectivity index is 1.37. The third kappa shape index (κ3) is 4.39. The number of hydrogen-bond donors (Lipinski definition) is 2. The average Bonchev–Trinajstić information content (AvgIpc) is 3.22. The molecule has 3 N–H and O–H groups in total. The molecular weight excluding hydrogens is 330 g/mol. The summed E-state index contributed by atoms with van der Waals surface area (Å²) >= 11 is 0. The van der Waals surface area contributed by atoms with E-state index >= 15 is 0 Å². The number of carbonyl (C=O) groups is 2. The molecule has 2 amide bonds. The maximum Gasteiger partial charge on any atom is 0.227 e. The molecule has 2 bridgehead atoms. The fraction of sp³-hybridized carbons (Fsp3) is 0.900. The maximum atomic E-state index is 12.9. The van der Waals surface area contributed by atoms with E-state index in [2.05, 4.69) is 5.32 Å². The van der Waals surface area contributed by atoms with Crippen molar-refractivity contribution in [2.24, 2.45) is 29.4 Å². The van der Waals surface area contributed by atoms with Gasteiger partial charge in [-0.25, -0.2) is 0 Å². The van der Waals surface area contributed by atoms with Gasteiger partial charge >= 0.3 is 0 Å². The number of carbonyl (C=O) groups excluding carboxylic acids is 2. The minimum atomic E-state index is 0.0266. The molecule has 4 atom stereocenters. The largest absolute Gasteiger partial charge is 0.379 e. The van der Waals surface area contributed by atoms with E-state index < -0.39 is 0 Å². The number of nitrogens with one attached hydrogen (secondary N) is 1. The smallest absolute Gasteiger partial charge is 0.227 e. The molecule has 4 unspecified atom stereocenters. The summed E-state index contributed by atoms with van der Waals surface area (Å²) in [5.41, 5.74) is 6.32. The molecule has 2 aliphatic carbocycles. The first-order chi connectivity index (χ1) is 12.5. The van der Waals surface area contributed by atoms with Crippen LogP contribution >= 0.6 is 0 Å². The van der Waals surface area contributed by atoms with E-state index in [1.54, 1.807) is 0 Å². The minimum Gasteiger partial charge on any atom is -0.379 e. The molecule has 148 valence electrons. The van der Waals surface area contributed by atoms with Crippen LogP contribution in [-0.2, 0) is 14.3 Å². The van der Waals surface area contributed by atoms with Gasteiger partial charge in [-0.05, 0) is 64.2 Å². The van der Waals surface area contributed by atoms with Crippen LogP contribution in [0.4, 0.5) is 0 Å². The Morgan fingerprint density at radius 3 is 2.46 bits per heavy atom. The Hall–Kier alpha value is -1.14. The highest BCUT2D eigenvalue weighted by Gasteiger charge is 2.50. The summed E-state index contributed by atoms with van der Waals surface area (Å²) < 4.78 is 5.48. The molecule has 0 radical (unpaired) electrons. The predicted molar refractivity (Wildman–Crippen MR) is 100 cm³/mol. The van der Waals surface area contributed by atoms with Gasteiger partial charge in [0.05, 0.1) is 12.0 Å². The number of rotatable bonds is 7. The molecule has 26 heavy (non-hydrogen) atoms. The highest BCUT2D eigenvalue weighted by atomic mass is 16.5. The summed E-state index contributed by atoms with van der Waals surface area (Å²) in [6.07, 6.45) is 6.08. The first-order valence-electron chi connectivity index (χ1n) is 10.4. The van der Waals surface area contributed by atoms with Gasteiger partial charge < -0.3 is 20.7 Å². The number of amides is 2. The van der Waals surface area contributed by atoms with Crippen LogP contribution in [0.3, 0.4) is 0 Å². The lowest BCUT2D eigenvalue weighted by Gasteiger charge is -2.36. The third-order valence-electron chi connectivity index (χ3n) is 6.51. The van der Waals surface area contributed by atoms with Gasteiger partial charge in [0.2, 0.25) is 11.8 Å². The summed E-state index contributed by atoms with van der Waals surface area (Å²) in [6, 6.07) is 0.0512. The van der Waals surface area contributed by atoms with Gasteiger partial charge in [0.15, 0.2) is 0 Å². The van der Waals surface area contributed by atoms with Crippen LogP contribution < -0.4 is 11.1 Å². The van der Waals surface area contributed by atoms with Crippen molar-refractivity contribution in [3.8, 4) is 0 Å². The molecule has 0 aromatic carbocycles. The van der Waals surface area contributed by atoms with Gasteiger partial charge in [0.25, 0.3) is 0 Å². The van der Waals surface area contributed by atoms with E-state index in [0.717, 1.165) is 32.1 Å². The van der Waals surface area contributed by atoms with E-state index in [-0.39, 0.29) is 35.8 Å². The van der Waals surface area contributed by atoms with Crippen LogP contribution in [0.1, 0.15) is 52.4 Å². The van der Waals surface area contributed by atoms with Crippen molar-refractivity contribution < 1.29 is 14.3 Å². The van der Waals surface area contributed by atoms with Crippen LogP contribution in [0.25, 0.3) is 0 Å². The zero-order valence-corrected chi connectivity index (χ0v) is 16.3. The second-order valence-electron chi connectivity index (χ2n) is 8.60. The lowest BCUT2D eigenvalue weighted by molar-refractivity contribution is -0.141. The lowest BCUT2D eigenvalue weighted by atomic mass is 9.83. The fourth-order valence-corrected chi connectivity index (χ4v) is 5.02. The highest BCUT2D eigenvalue weighted by Crippen LogP contribution is 2.48. The van der Waals surface area contributed by atoms with Crippen molar-refractivity contribution in [3.05, 3.63) is 0 Å². The van der Waals surface area contributed by atoms with Crippen molar-refractivity contribution in [1.29, 1.82) is 0 Å². The van der Waals surface area contributed by atoms with E-state index in [0.29, 0.717) is 38.1 Å². The topological polar surface area (TPSA) is 84.7 Å². The van der Waals surface area contributed by atoms with Gasteiger partial charge in [-0.1, -0.05) is 0 Å². The molecule has 6 heteroatoms. The summed E-state index contributed by atoms with van der Waals surface area (Å²) in [5.74, 6) is 1.47. The summed E-state index contributed by atoms with van der Waals surface area (Å²) in [5, 5.41) is 3.01. The Morgan fingerprint density at radius 2 is 1.85 bits per heavy atom. The van der Waals surface area contributed by atoms with Crippen LogP contribution in [-0.4, -0.2) is 55.1 Å². The number of nitrogens with zero attached hydrogens (tertiary/aromatic N) is 1.